The van der Waals surface area contributed by atoms with Gasteiger partial charge in [-0.1, -0.05) is 160 Å². The van der Waals surface area contributed by atoms with E-state index >= 15 is 0 Å². The number of carboxylic acid groups (broad SMARTS) is 1. The SMILES string of the molecule is CC/C=C/C/C=C/C/C=C/C/C=C/C/C=C/C/C=C/CCCCCCC(=O)OC(COCCC(C(=O)O)[N+](C)(C)C)COC(=O)CCC/C=C/C/C=C/C/C=C/C/C=C/C/C=C/CC. The van der Waals surface area contributed by atoms with Gasteiger partial charge in [0.1, 0.15) is 6.61 Å². The molecule has 0 saturated carbocycles. The Hall–Kier alpha value is -4.53. The number of hydrogen-bond donors (Lipinski definition) is 1. The number of aliphatic carboxylic acids is 1. The molecule has 2 unspecified atom stereocenters. The number of rotatable bonds is 41. The lowest BCUT2D eigenvalue weighted by molar-refractivity contribution is -0.887. The number of carbonyl (C=O) groups excluding carboxylic acids is 2. The second kappa shape index (κ2) is 45.1. The van der Waals surface area contributed by atoms with Crippen molar-refractivity contribution in [2.45, 2.75) is 161 Å². The standard InChI is InChI=1S/C56H87NO7/c1-6-8-10-12-14-16-18-20-22-24-25-26-27-28-29-31-33-35-37-39-41-43-45-47-55(59)64-52(50-62-49-48-53(56(60)61)57(3,4)5)51-63-54(58)46-44-42-40-38-36-34-32-30-23-21-19-17-15-13-11-9-7-2/h8-11,14-17,20-23,25-26,28-29,32-35,38,40,52-53H,6-7,12-13,18-19,24,27,30-31,36-37,39,41-51H2,1-5H3/p+1/b10-8+,11-9+,16-14+,17-15+,22-20+,23-21+,26-25+,29-28+,34-32+,35-33+,40-38+. The van der Waals surface area contributed by atoms with Gasteiger partial charge in [0, 0.05) is 19.3 Å². The lowest BCUT2D eigenvalue weighted by atomic mass is 10.1. The molecule has 0 saturated heterocycles. The molecule has 8 heteroatoms. The highest BCUT2D eigenvalue weighted by atomic mass is 16.6. The average Bonchev–Trinajstić information content (AvgIpc) is 3.26. The minimum Gasteiger partial charge on any atom is -0.477 e. The second-order valence-corrected chi connectivity index (χ2v) is 16.6. The number of carbonyl (C=O) groups is 3. The normalized spacial score (nSPS) is 14.1. The van der Waals surface area contributed by atoms with E-state index in [-0.39, 0.29) is 49.1 Å². The number of quaternary nitrogens is 1. The Balaban J connectivity index is 4.46. The molecule has 0 aromatic rings. The van der Waals surface area contributed by atoms with Crippen LogP contribution in [0.5, 0.6) is 0 Å². The van der Waals surface area contributed by atoms with E-state index in [1.165, 1.54) is 0 Å². The van der Waals surface area contributed by atoms with Crippen molar-refractivity contribution in [3.63, 3.8) is 0 Å². The maximum atomic E-state index is 12.8. The van der Waals surface area contributed by atoms with Gasteiger partial charge in [0.15, 0.2) is 12.1 Å². The molecule has 358 valence electrons. The molecule has 8 nitrogen and oxygen atoms in total. The van der Waals surface area contributed by atoms with Gasteiger partial charge in [0.2, 0.25) is 0 Å². The number of unbranched alkanes of at least 4 members (excludes halogenated alkanes) is 5. The number of likely N-dealkylation sites (N-methyl/N-ethyl adjacent to an activating group) is 1. The molecule has 0 heterocycles. The van der Waals surface area contributed by atoms with E-state index in [1.54, 1.807) is 0 Å². The van der Waals surface area contributed by atoms with Crippen molar-refractivity contribution in [1.82, 2.24) is 0 Å². The molecule has 0 spiro atoms. The predicted molar refractivity (Wildman–Crippen MR) is 270 cm³/mol. The molecule has 0 aliphatic heterocycles. The number of carboxylic acids is 1. The summed E-state index contributed by atoms with van der Waals surface area (Å²) >= 11 is 0. The summed E-state index contributed by atoms with van der Waals surface area (Å²) < 4.78 is 17.2. The van der Waals surface area contributed by atoms with Gasteiger partial charge in [0.05, 0.1) is 34.4 Å². The molecule has 0 amide bonds. The van der Waals surface area contributed by atoms with Crippen molar-refractivity contribution >= 4 is 17.9 Å². The van der Waals surface area contributed by atoms with Gasteiger partial charge in [-0.25, -0.2) is 4.79 Å². The van der Waals surface area contributed by atoms with Gasteiger partial charge in [-0.15, -0.1) is 0 Å². The van der Waals surface area contributed by atoms with Crippen LogP contribution in [0.4, 0.5) is 0 Å². The van der Waals surface area contributed by atoms with Crippen molar-refractivity contribution in [2.24, 2.45) is 0 Å². The molecular formula is C56H88NO7+. The van der Waals surface area contributed by atoms with Crippen LogP contribution in [-0.4, -0.2) is 80.6 Å². The Morgan fingerprint density at radius 2 is 0.844 bits per heavy atom. The molecule has 0 radical (unpaired) electrons. The van der Waals surface area contributed by atoms with Crippen LogP contribution in [0.3, 0.4) is 0 Å². The molecule has 2 atom stereocenters. The first kappa shape index (κ1) is 59.5. The number of ether oxygens (including phenoxy) is 3. The van der Waals surface area contributed by atoms with E-state index < -0.39 is 18.1 Å². The van der Waals surface area contributed by atoms with Crippen LogP contribution in [0.2, 0.25) is 0 Å². The van der Waals surface area contributed by atoms with Gasteiger partial charge >= 0.3 is 17.9 Å². The third-order valence-electron chi connectivity index (χ3n) is 9.80. The van der Waals surface area contributed by atoms with E-state index in [2.05, 4.69) is 148 Å². The van der Waals surface area contributed by atoms with Crippen molar-refractivity contribution in [1.29, 1.82) is 0 Å². The summed E-state index contributed by atoms with van der Waals surface area (Å²) in [5, 5.41) is 9.64. The van der Waals surface area contributed by atoms with E-state index in [9.17, 15) is 19.5 Å². The lowest BCUT2D eigenvalue weighted by Gasteiger charge is -2.31. The predicted octanol–water partition coefficient (Wildman–Crippen LogP) is 14.0. The van der Waals surface area contributed by atoms with Gasteiger partial charge in [-0.3, -0.25) is 9.59 Å². The van der Waals surface area contributed by atoms with Crippen LogP contribution in [0, 0.1) is 0 Å². The van der Waals surface area contributed by atoms with Crippen LogP contribution in [-0.2, 0) is 28.6 Å². The molecule has 0 aliphatic carbocycles. The van der Waals surface area contributed by atoms with Crippen LogP contribution in [0.1, 0.15) is 149 Å². The van der Waals surface area contributed by atoms with Crippen molar-refractivity contribution in [3.05, 3.63) is 134 Å². The van der Waals surface area contributed by atoms with Crippen molar-refractivity contribution in [3.8, 4) is 0 Å². The minimum atomic E-state index is -0.894. The third kappa shape index (κ3) is 42.8. The Morgan fingerprint density at radius 3 is 1.25 bits per heavy atom. The number of nitrogens with zero attached hydrogens (tertiary/aromatic N) is 1. The molecule has 1 N–H and O–H groups in total. The number of allylic oxidation sites excluding steroid dienone is 22. The Kier molecular flexibility index (Phi) is 41.9. The monoisotopic (exact) mass is 887 g/mol. The zero-order valence-corrected chi connectivity index (χ0v) is 40.7. The summed E-state index contributed by atoms with van der Waals surface area (Å²) in [6, 6.07) is -0.638. The fourth-order valence-electron chi connectivity index (χ4n) is 6.13. The number of hydrogen-bond acceptors (Lipinski definition) is 6. The molecular weight excluding hydrogens is 799 g/mol. The van der Waals surface area contributed by atoms with E-state index in [4.69, 9.17) is 14.2 Å². The summed E-state index contributed by atoms with van der Waals surface area (Å²) in [5.74, 6) is -1.60. The van der Waals surface area contributed by atoms with Crippen LogP contribution in [0.25, 0.3) is 0 Å². The third-order valence-corrected chi connectivity index (χ3v) is 9.80. The average molecular weight is 887 g/mol. The maximum absolute atomic E-state index is 12.8. The van der Waals surface area contributed by atoms with Crippen molar-refractivity contribution in [2.75, 3.05) is 41.0 Å². The van der Waals surface area contributed by atoms with E-state index in [0.29, 0.717) is 12.8 Å². The topological polar surface area (TPSA) is 99.1 Å². The zero-order valence-electron chi connectivity index (χ0n) is 40.7. The smallest absolute Gasteiger partial charge is 0.362 e. The summed E-state index contributed by atoms with van der Waals surface area (Å²) in [6.07, 6.45) is 65.1. The first-order chi connectivity index (χ1) is 31.1. The van der Waals surface area contributed by atoms with Gasteiger partial charge < -0.3 is 23.8 Å². The fraction of sp³-hybridized carbons (Fsp3) is 0.554. The van der Waals surface area contributed by atoms with E-state index in [0.717, 1.165) is 109 Å². The first-order valence-corrected chi connectivity index (χ1v) is 24.2. The largest absolute Gasteiger partial charge is 0.477 e. The maximum Gasteiger partial charge on any atom is 0.362 e. The van der Waals surface area contributed by atoms with Crippen molar-refractivity contribution < 1.29 is 38.2 Å². The Labute approximate surface area is 390 Å². The molecule has 0 aromatic carbocycles. The minimum absolute atomic E-state index is 0.0223. The summed E-state index contributed by atoms with van der Waals surface area (Å²) in [7, 11) is 5.49. The zero-order chi connectivity index (χ0) is 47.0. The Morgan fingerprint density at radius 1 is 0.469 bits per heavy atom. The van der Waals surface area contributed by atoms with Crippen LogP contribution >= 0.6 is 0 Å². The van der Waals surface area contributed by atoms with Gasteiger partial charge in [-0.2, -0.15) is 0 Å². The molecule has 0 fully saturated rings. The molecule has 64 heavy (non-hydrogen) atoms. The van der Waals surface area contributed by atoms with E-state index in [1.807, 2.05) is 21.1 Å². The highest BCUT2D eigenvalue weighted by Crippen LogP contribution is 2.12. The highest BCUT2D eigenvalue weighted by molar-refractivity contribution is 5.72. The summed E-state index contributed by atoms with van der Waals surface area (Å²) in [4.78, 5) is 37.1. The summed E-state index contributed by atoms with van der Waals surface area (Å²) in [5.41, 5.74) is 0. The van der Waals surface area contributed by atoms with Crippen LogP contribution < -0.4 is 0 Å². The second-order valence-electron chi connectivity index (χ2n) is 16.6. The molecule has 0 aromatic heterocycles. The van der Waals surface area contributed by atoms with Crippen LogP contribution in [0.15, 0.2) is 134 Å². The Bertz CT molecular complexity index is 1500. The van der Waals surface area contributed by atoms with Gasteiger partial charge in [-0.05, 0) is 103 Å². The van der Waals surface area contributed by atoms with Gasteiger partial charge in [0.25, 0.3) is 0 Å². The first-order valence-electron chi connectivity index (χ1n) is 24.2. The highest BCUT2D eigenvalue weighted by Gasteiger charge is 2.31. The summed E-state index contributed by atoms with van der Waals surface area (Å²) in [6.45, 7) is 4.39. The molecule has 0 bridgehead atoms. The fourth-order valence-corrected chi connectivity index (χ4v) is 6.13. The lowest BCUT2D eigenvalue weighted by Crippen LogP contribution is -2.50. The number of esters is 2. The molecule has 0 rings (SSSR count). The molecule has 0 aliphatic rings. The quantitative estimate of drug-likeness (QED) is 0.0282.